The fourth-order valence-electron chi connectivity index (χ4n) is 2.04. The summed E-state index contributed by atoms with van der Waals surface area (Å²) in [5, 5.41) is 15.3. The summed E-state index contributed by atoms with van der Waals surface area (Å²) < 4.78 is 1.69. The Morgan fingerprint density at radius 3 is 2.62 bits per heavy atom. The minimum Gasteiger partial charge on any atom is -0.353 e. The second-order valence-electron chi connectivity index (χ2n) is 5.12. The molecular weight excluding hydrogens is 286 g/mol. The maximum atomic E-state index is 11.7. The predicted molar refractivity (Wildman–Crippen MR) is 82.6 cm³/mol. The lowest BCUT2D eigenvalue weighted by atomic mass is 10.1. The van der Waals surface area contributed by atoms with E-state index in [-0.39, 0.29) is 11.9 Å². The molecule has 0 saturated heterocycles. The Balaban J connectivity index is 2.18. The van der Waals surface area contributed by atoms with Crippen LogP contribution in [-0.4, -0.2) is 37.9 Å². The Bertz CT molecular complexity index is 618. The molecule has 1 aromatic heterocycles. The van der Waals surface area contributed by atoms with Crippen LogP contribution in [0.25, 0.3) is 5.69 Å². The number of aromatic nitrogens is 4. The molecule has 0 aliphatic heterocycles. The van der Waals surface area contributed by atoms with E-state index in [4.69, 9.17) is 0 Å². The van der Waals surface area contributed by atoms with Gasteiger partial charge in [0, 0.05) is 6.04 Å². The van der Waals surface area contributed by atoms with E-state index < -0.39 is 0 Å². The molecule has 0 radical (unpaired) electrons. The van der Waals surface area contributed by atoms with Crippen LogP contribution in [0.4, 0.5) is 0 Å². The normalized spacial score (nSPS) is 10.9. The quantitative estimate of drug-likeness (QED) is 0.854. The van der Waals surface area contributed by atoms with Crippen molar-refractivity contribution in [1.82, 2.24) is 25.5 Å². The molecule has 0 aliphatic carbocycles. The van der Waals surface area contributed by atoms with E-state index in [1.54, 1.807) is 4.68 Å². The highest BCUT2D eigenvalue weighted by Gasteiger charge is 2.14. The van der Waals surface area contributed by atoms with Crippen LogP contribution in [0, 0.1) is 13.8 Å². The Morgan fingerprint density at radius 1 is 1.33 bits per heavy atom. The zero-order chi connectivity index (χ0) is 15.4. The molecule has 1 amide bonds. The Morgan fingerprint density at radius 2 is 2.00 bits per heavy atom. The summed E-state index contributed by atoms with van der Waals surface area (Å²) in [6, 6.07) is 6.17. The van der Waals surface area contributed by atoms with Gasteiger partial charge in [0.05, 0.1) is 11.4 Å². The molecule has 0 saturated carbocycles. The van der Waals surface area contributed by atoms with Crippen molar-refractivity contribution in [3.05, 3.63) is 29.3 Å². The molecule has 0 fully saturated rings. The molecule has 7 heteroatoms. The summed E-state index contributed by atoms with van der Waals surface area (Å²) in [5.41, 5.74) is 3.15. The predicted octanol–water partition coefficient (Wildman–Crippen LogP) is 1.90. The van der Waals surface area contributed by atoms with Gasteiger partial charge in [-0.1, -0.05) is 30.0 Å². The first kappa shape index (κ1) is 15.5. The van der Waals surface area contributed by atoms with E-state index in [1.807, 2.05) is 45.9 Å². The van der Waals surface area contributed by atoms with Gasteiger partial charge in [0.15, 0.2) is 0 Å². The van der Waals surface area contributed by atoms with Crippen LogP contribution in [0.3, 0.4) is 0 Å². The number of tetrazole rings is 1. The van der Waals surface area contributed by atoms with Crippen LogP contribution < -0.4 is 5.32 Å². The molecule has 1 heterocycles. The zero-order valence-electron chi connectivity index (χ0n) is 12.6. The van der Waals surface area contributed by atoms with Crippen LogP contribution in [0.5, 0.6) is 0 Å². The van der Waals surface area contributed by atoms with Crippen molar-refractivity contribution in [2.24, 2.45) is 0 Å². The fourth-order valence-corrected chi connectivity index (χ4v) is 2.73. The highest BCUT2D eigenvalue weighted by molar-refractivity contribution is 7.99. The molecule has 21 heavy (non-hydrogen) atoms. The summed E-state index contributed by atoms with van der Waals surface area (Å²) in [4.78, 5) is 11.7. The topological polar surface area (TPSA) is 72.7 Å². The van der Waals surface area contributed by atoms with E-state index in [2.05, 4.69) is 20.8 Å². The van der Waals surface area contributed by atoms with Crippen LogP contribution >= 0.6 is 11.8 Å². The average Bonchev–Trinajstić information content (AvgIpc) is 2.83. The van der Waals surface area contributed by atoms with Gasteiger partial charge < -0.3 is 5.32 Å². The Kier molecular flexibility index (Phi) is 4.95. The molecule has 2 rings (SSSR count). The number of thioether (sulfide) groups is 1. The first-order chi connectivity index (χ1) is 9.99. The summed E-state index contributed by atoms with van der Waals surface area (Å²) >= 11 is 1.33. The standard InChI is InChI=1S/C14H19N5OS/c1-9(2)15-12(20)8-21-14-16-17-18-19(14)13-10(3)6-5-7-11(13)4/h5-7,9H,8H2,1-4H3,(H,15,20). The van der Waals surface area contributed by atoms with E-state index in [1.165, 1.54) is 11.8 Å². The highest BCUT2D eigenvalue weighted by atomic mass is 32.2. The second kappa shape index (κ2) is 6.71. The van der Waals surface area contributed by atoms with Crippen LogP contribution in [-0.2, 0) is 4.79 Å². The molecular formula is C14H19N5OS. The number of carbonyl (C=O) groups excluding carboxylic acids is 1. The number of aryl methyl sites for hydroxylation is 2. The lowest BCUT2D eigenvalue weighted by Crippen LogP contribution is -2.31. The summed E-state index contributed by atoms with van der Waals surface area (Å²) in [5.74, 6) is 0.273. The third-order valence-corrected chi connectivity index (χ3v) is 3.79. The maximum Gasteiger partial charge on any atom is 0.230 e. The molecule has 1 aromatic carbocycles. The van der Waals surface area contributed by atoms with Crippen molar-refractivity contribution in [1.29, 1.82) is 0 Å². The first-order valence-corrected chi connectivity index (χ1v) is 7.74. The SMILES string of the molecule is Cc1cccc(C)c1-n1nnnc1SCC(=O)NC(C)C. The molecule has 0 unspecified atom stereocenters. The zero-order valence-corrected chi connectivity index (χ0v) is 13.4. The van der Waals surface area contributed by atoms with Gasteiger partial charge in [0.1, 0.15) is 0 Å². The van der Waals surface area contributed by atoms with Gasteiger partial charge in [0.25, 0.3) is 0 Å². The largest absolute Gasteiger partial charge is 0.353 e. The van der Waals surface area contributed by atoms with Crippen LogP contribution in [0.2, 0.25) is 0 Å². The monoisotopic (exact) mass is 305 g/mol. The summed E-state index contributed by atoms with van der Waals surface area (Å²) in [6.45, 7) is 7.90. The van der Waals surface area contributed by atoms with Gasteiger partial charge in [-0.05, 0) is 49.2 Å². The molecule has 0 atom stereocenters. The van der Waals surface area contributed by atoms with Gasteiger partial charge in [-0.3, -0.25) is 4.79 Å². The lowest BCUT2D eigenvalue weighted by molar-refractivity contribution is -0.119. The van der Waals surface area contributed by atoms with Crippen molar-refractivity contribution in [2.75, 3.05) is 5.75 Å². The molecule has 0 aliphatic rings. The van der Waals surface area contributed by atoms with Crippen LogP contribution in [0.15, 0.2) is 23.4 Å². The third-order valence-electron chi connectivity index (χ3n) is 2.87. The second-order valence-corrected chi connectivity index (χ2v) is 6.07. The first-order valence-electron chi connectivity index (χ1n) is 6.76. The Labute approximate surface area is 128 Å². The number of benzene rings is 1. The molecule has 112 valence electrons. The third kappa shape index (κ3) is 3.81. The average molecular weight is 305 g/mol. The smallest absolute Gasteiger partial charge is 0.230 e. The van der Waals surface area contributed by atoms with Gasteiger partial charge in [-0.2, -0.15) is 4.68 Å². The molecule has 6 nitrogen and oxygen atoms in total. The van der Waals surface area contributed by atoms with Crippen molar-refractivity contribution < 1.29 is 4.79 Å². The lowest BCUT2D eigenvalue weighted by Gasteiger charge is -2.11. The maximum absolute atomic E-state index is 11.7. The van der Waals surface area contributed by atoms with Gasteiger partial charge >= 0.3 is 0 Å². The van der Waals surface area contributed by atoms with Crippen molar-refractivity contribution >= 4 is 17.7 Å². The Hall–Kier alpha value is -1.89. The number of nitrogens with zero attached hydrogens (tertiary/aromatic N) is 4. The van der Waals surface area contributed by atoms with Gasteiger partial charge in [-0.25, -0.2) is 0 Å². The van der Waals surface area contributed by atoms with E-state index in [0.717, 1.165) is 16.8 Å². The molecule has 2 aromatic rings. The number of rotatable bonds is 5. The van der Waals surface area contributed by atoms with E-state index in [9.17, 15) is 4.79 Å². The van der Waals surface area contributed by atoms with Gasteiger partial charge in [0.2, 0.25) is 11.1 Å². The number of hydrogen-bond donors (Lipinski definition) is 1. The summed E-state index contributed by atoms with van der Waals surface area (Å²) in [6.07, 6.45) is 0. The number of hydrogen-bond acceptors (Lipinski definition) is 5. The van der Waals surface area contributed by atoms with E-state index >= 15 is 0 Å². The number of nitrogens with one attached hydrogen (secondary N) is 1. The number of amides is 1. The van der Waals surface area contributed by atoms with Crippen molar-refractivity contribution in [2.45, 2.75) is 38.9 Å². The van der Waals surface area contributed by atoms with Crippen molar-refractivity contribution in [3.63, 3.8) is 0 Å². The van der Waals surface area contributed by atoms with Crippen molar-refractivity contribution in [3.8, 4) is 5.69 Å². The van der Waals surface area contributed by atoms with Crippen LogP contribution in [0.1, 0.15) is 25.0 Å². The molecule has 0 spiro atoms. The fraction of sp³-hybridized carbons (Fsp3) is 0.429. The molecule has 1 N–H and O–H groups in total. The minimum atomic E-state index is -0.0222. The van der Waals surface area contributed by atoms with E-state index in [0.29, 0.717) is 10.9 Å². The highest BCUT2D eigenvalue weighted by Crippen LogP contribution is 2.23. The number of para-hydroxylation sites is 1. The summed E-state index contributed by atoms with van der Waals surface area (Å²) in [7, 11) is 0. The van der Waals surface area contributed by atoms with Gasteiger partial charge in [-0.15, -0.1) is 5.10 Å². The number of carbonyl (C=O) groups is 1. The molecule has 0 bridgehead atoms. The minimum absolute atomic E-state index is 0.0222.